The lowest BCUT2D eigenvalue weighted by molar-refractivity contribution is -0.161. The Bertz CT molecular complexity index is 685. The number of nitrogens with zero attached hydrogens (tertiary/aromatic N) is 4. The van der Waals surface area contributed by atoms with Crippen molar-refractivity contribution in [3.8, 4) is 0 Å². The number of ether oxygens (including phenoxy) is 1. The number of hydrogen-bond donors (Lipinski definition) is 0. The first-order chi connectivity index (χ1) is 13.4. The molecule has 28 heavy (non-hydrogen) atoms. The van der Waals surface area contributed by atoms with E-state index in [1.807, 2.05) is 20.8 Å². The van der Waals surface area contributed by atoms with Gasteiger partial charge >= 0.3 is 5.97 Å². The zero-order valence-electron chi connectivity index (χ0n) is 17.8. The van der Waals surface area contributed by atoms with E-state index in [-0.39, 0.29) is 11.9 Å². The lowest BCUT2D eigenvalue weighted by Crippen LogP contribution is -2.45. The van der Waals surface area contributed by atoms with Crippen molar-refractivity contribution in [2.45, 2.75) is 109 Å². The van der Waals surface area contributed by atoms with Crippen LogP contribution in [0.3, 0.4) is 0 Å². The van der Waals surface area contributed by atoms with Crippen LogP contribution in [0.5, 0.6) is 0 Å². The second-order valence-corrected chi connectivity index (χ2v) is 9.87. The molecule has 1 aliphatic carbocycles. The Morgan fingerprint density at radius 2 is 1.71 bits per heavy atom. The number of carbonyl (C=O) groups is 1. The van der Waals surface area contributed by atoms with Crippen molar-refractivity contribution in [2.24, 2.45) is 5.92 Å². The number of fused-ring (bicyclic) bond motifs is 1. The second kappa shape index (κ2) is 8.13. The third kappa shape index (κ3) is 4.27. The third-order valence-corrected chi connectivity index (χ3v) is 6.64. The Morgan fingerprint density at radius 1 is 0.964 bits per heavy atom. The van der Waals surface area contributed by atoms with Crippen molar-refractivity contribution in [2.75, 3.05) is 6.54 Å². The number of rotatable bonds is 3. The van der Waals surface area contributed by atoms with E-state index in [0.29, 0.717) is 12.1 Å². The minimum atomic E-state index is -0.390. The van der Waals surface area contributed by atoms with Gasteiger partial charge in [0, 0.05) is 19.0 Å². The average molecular weight is 389 g/mol. The number of likely N-dealkylation sites (tertiary alicyclic amines) is 1. The summed E-state index contributed by atoms with van der Waals surface area (Å²) in [6, 6.07) is 0.955. The largest absolute Gasteiger partial charge is 0.460 e. The van der Waals surface area contributed by atoms with Crippen LogP contribution in [-0.4, -0.2) is 43.8 Å². The summed E-state index contributed by atoms with van der Waals surface area (Å²) < 4.78 is 8.03. The van der Waals surface area contributed by atoms with Crippen molar-refractivity contribution in [3.63, 3.8) is 0 Å². The molecule has 1 unspecified atom stereocenters. The first kappa shape index (κ1) is 19.9. The van der Waals surface area contributed by atoms with E-state index in [1.54, 1.807) is 0 Å². The standard InChI is InChI=1S/C22H36N4O2/c1-22(2,3)28-21(27)16-10-12-17(13-11-16)25-14-6-4-8-18(25)20-24-23-19-9-5-7-15-26(19)20/h16-18H,4-15H2,1-3H3. The minimum absolute atomic E-state index is 0.00679. The van der Waals surface area contributed by atoms with E-state index < -0.39 is 5.60 Å². The molecule has 0 aromatic carbocycles. The third-order valence-electron chi connectivity index (χ3n) is 6.64. The maximum Gasteiger partial charge on any atom is 0.309 e. The molecule has 0 amide bonds. The van der Waals surface area contributed by atoms with Crippen LogP contribution in [0.15, 0.2) is 0 Å². The molecule has 3 heterocycles. The fraction of sp³-hybridized carbons (Fsp3) is 0.864. The highest BCUT2D eigenvalue weighted by molar-refractivity contribution is 5.73. The molecule has 6 heteroatoms. The fourth-order valence-electron chi connectivity index (χ4n) is 5.27. The maximum atomic E-state index is 12.5. The highest BCUT2D eigenvalue weighted by Crippen LogP contribution is 2.38. The predicted octanol–water partition coefficient (Wildman–Crippen LogP) is 4.04. The zero-order chi connectivity index (χ0) is 19.7. The molecule has 2 fully saturated rings. The zero-order valence-corrected chi connectivity index (χ0v) is 17.8. The molecule has 1 aromatic heterocycles. The number of carbonyl (C=O) groups excluding carboxylic acids is 1. The van der Waals surface area contributed by atoms with Crippen molar-refractivity contribution in [1.82, 2.24) is 19.7 Å². The van der Waals surface area contributed by atoms with Gasteiger partial charge in [0.05, 0.1) is 12.0 Å². The normalized spacial score (nSPS) is 29.3. The van der Waals surface area contributed by atoms with Gasteiger partial charge in [-0.1, -0.05) is 6.42 Å². The smallest absolute Gasteiger partial charge is 0.309 e. The second-order valence-electron chi connectivity index (χ2n) is 9.87. The van der Waals surface area contributed by atoms with Gasteiger partial charge in [0.2, 0.25) is 0 Å². The molecular formula is C22H36N4O2. The van der Waals surface area contributed by atoms with Gasteiger partial charge in [-0.25, -0.2) is 0 Å². The molecular weight excluding hydrogens is 352 g/mol. The van der Waals surface area contributed by atoms with Gasteiger partial charge < -0.3 is 9.30 Å². The van der Waals surface area contributed by atoms with Gasteiger partial charge in [-0.3, -0.25) is 9.69 Å². The topological polar surface area (TPSA) is 60.2 Å². The van der Waals surface area contributed by atoms with E-state index in [4.69, 9.17) is 4.74 Å². The van der Waals surface area contributed by atoms with Crippen LogP contribution in [0.4, 0.5) is 0 Å². The number of esters is 1. The van der Waals surface area contributed by atoms with Crippen LogP contribution < -0.4 is 0 Å². The Labute approximate surface area is 169 Å². The van der Waals surface area contributed by atoms with Crippen LogP contribution in [0.2, 0.25) is 0 Å². The first-order valence-electron chi connectivity index (χ1n) is 11.3. The summed E-state index contributed by atoms with van der Waals surface area (Å²) in [5.41, 5.74) is -0.390. The number of hydrogen-bond acceptors (Lipinski definition) is 5. The van der Waals surface area contributed by atoms with Crippen LogP contribution in [0, 0.1) is 5.92 Å². The molecule has 0 N–H and O–H groups in total. The molecule has 6 nitrogen and oxygen atoms in total. The van der Waals surface area contributed by atoms with Gasteiger partial charge in [-0.15, -0.1) is 10.2 Å². The SMILES string of the molecule is CC(C)(C)OC(=O)C1CCC(N2CCCCC2c2nnc3n2CCCC3)CC1. The van der Waals surface area contributed by atoms with E-state index >= 15 is 0 Å². The fourth-order valence-corrected chi connectivity index (χ4v) is 5.27. The molecule has 2 aliphatic heterocycles. The van der Waals surface area contributed by atoms with Gasteiger partial charge in [-0.05, 0) is 78.7 Å². The molecule has 4 rings (SSSR count). The van der Waals surface area contributed by atoms with Crippen LogP contribution in [-0.2, 0) is 22.5 Å². The Balaban J connectivity index is 1.42. The van der Waals surface area contributed by atoms with Crippen LogP contribution in [0.1, 0.15) is 96.2 Å². The molecule has 0 spiro atoms. The molecule has 0 bridgehead atoms. The number of piperidine rings is 1. The average Bonchev–Trinajstić information content (AvgIpc) is 3.11. The summed E-state index contributed by atoms with van der Waals surface area (Å²) >= 11 is 0. The molecule has 1 saturated heterocycles. The predicted molar refractivity (Wildman–Crippen MR) is 108 cm³/mol. The van der Waals surface area contributed by atoms with Crippen LogP contribution in [0.25, 0.3) is 0 Å². The Hall–Kier alpha value is -1.43. The summed E-state index contributed by atoms with van der Waals surface area (Å²) in [5, 5.41) is 9.15. The van der Waals surface area contributed by atoms with Gasteiger partial charge in [0.15, 0.2) is 0 Å². The van der Waals surface area contributed by atoms with E-state index in [9.17, 15) is 4.79 Å². The van der Waals surface area contributed by atoms with E-state index in [1.165, 1.54) is 43.8 Å². The van der Waals surface area contributed by atoms with Gasteiger partial charge in [-0.2, -0.15) is 0 Å². The number of aromatic nitrogens is 3. The molecule has 1 aromatic rings. The van der Waals surface area contributed by atoms with Crippen molar-refractivity contribution in [1.29, 1.82) is 0 Å². The molecule has 156 valence electrons. The monoisotopic (exact) mass is 388 g/mol. The Morgan fingerprint density at radius 3 is 2.46 bits per heavy atom. The van der Waals surface area contributed by atoms with Crippen molar-refractivity contribution < 1.29 is 9.53 Å². The summed E-state index contributed by atoms with van der Waals surface area (Å²) in [6.45, 7) is 8.08. The lowest BCUT2D eigenvalue weighted by Gasteiger charge is -2.43. The quantitative estimate of drug-likeness (QED) is 0.731. The lowest BCUT2D eigenvalue weighted by atomic mass is 9.83. The van der Waals surface area contributed by atoms with E-state index in [2.05, 4.69) is 19.7 Å². The summed E-state index contributed by atoms with van der Waals surface area (Å²) in [4.78, 5) is 15.1. The minimum Gasteiger partial charge on any atom is -0.460 e. The highest BCUT2D eigenvalue weighted by Gasteiger charge is 2.37. The number of aryl methyl sites for hydroxylation is 1. The van der Waals surface area contributed by atoms with Crippen molar-refractivity contribution >= 4 is 5.97 Å². The summed E-state index contributed by atoms with van der Waals surface area (Å²) in [5.74, 6) is 2.44. The van der Waals surface area contributed by atoms with Gasteiger partial charge in [0.1, 0.15) is 17.2 Å². The first-order valence-corrected chi connectivity index (χ1v) is 11.3. The van der Waals surface area contributed by atoms with Gasteiger partial charge in [0.25, 0.3) is 0 Å². The summed E-state index contributed by atoms with van der Waals surface area (Å²) in [7, 11) is 0. The molecule has 1 saturated carbocycles. The summed E-state index contributed by atoms with van der Waals surface area (Å²) in [6.07, 6.45) is 11.3. The van der Waals surface area contributed by atoms with E-state index in [0.717, 1.165) is 45.2 Å². The highest BCUT2D eigenvalue weighted by atomic mass is 16.6. The Kier molecular flexibility index (Phi) is 5.77. The van der Waals surface area contributed by atoms with Crippen LogP contribution >= 0.6 is 0 Å². The van der Waals surface area contributed by atoms with Crippen molar-refractivity contribution in [3.05, 3.63) is 11.6 Å². The molecule has 1 atom stereocenters. The maximum absolute atomic E-state index is 12.5. The molecule has 3 aliphatic rings. The molecule has 0 radical (unpaired) electrons.